The van der Waals surface area contributed by atoms with Gasteiger partial charge >= 0.3 is 0 Å². The summed E-state index contributed by atoms with van der Waals surface area (Å²) < 4.78 is 11.0. The van der Waals surface area contributed by atoms with Crippen molar-refractivity contribution in [2.45, 2.75) is 26.9 Å². The van der Waals surface area contributed by atoms with Crippen molar-refractivity contribution in [3.8, 4) is 0 Å². The monoisotopic (exact) mass is 454 g/mol. The zero-order chi connectivity index (χ0) is 21.9. The molecular formula is C23H30N6O2S. The number of pyridine rings is 1. The van der Waals surface area contributed by atoms with Crippen molar-refractivity contribution in [2.75, 3.05) is 62.8 Å². The molecule has 3 aromatic heterocycles. The normalized spacial score (nSPS) is 17.8. The minimum atomic E-state index is 0.665. The molecule has 0 radical (unpaired) electrons. The van der Waals surface area contributed by atoms with Crippen LogP contribution >= 0.6 is 11.3 Å². The highest BCUT2D eigenvalue weighted by atomic mass is 32.1. The topological polar surface area (TPSA) is 75.6 Å². The highest BCUT2D eigenvalue weighted by Gasteiger charge is 2.19. The van der Waals surface area contributed by atoms with Crippen molar-refractivity contribution >= 4 is 33.2 Å². The van der Waals surface area contributed by atoms with Crippen LogP contribution in [0.5, 0.6) is 0 Å². The van der Waals surface area contributed by atoms with Crippen LogP contribution in [-0.4, -0.2) is 72.5 Å². The van der Waals surface area contributed by atoms with Crippen LogP contribution < -0.4 is 10.2 Å². The summed E-state index contributed by atoms with van der Waals surface area (Å²) in [6, 6.07) is 4.14. The first-order chi connectivity index (χ1) is 15.7. The molecule has 8 nitrogen and oxygen atoms in total. The van der Waals surface area contributed by atoms with Crippen molar-refractivity contribution in [1.82, 2.24) is 19.9 Å². The predicted molar refractivity (Wildman–Crippen MR) is 128 cm³/mol. The molecule has 5 rings (SSSR count). The molecule has 2 saturated heterocycles. The summed E-state index contributed by atoms with van der Waals surface area (Å²) in [5.41, 5.74) is 2.42. The first-order valence-corrected chi connectivity index (χ1v) is 12.1. The Labute approximate surface area is 192 Å². The van der Waals surface area contributed by atoms with Gasteiger partial charge in [0.1, 0.15) is 22.3 Å². The highest BCUT2D eigenvalue weighted by Crippen LogP contribution is 2.34. The Bertz CT molecular complexity index is 1080. The summed E-state index contributed by atoms with van der Waals surface area (Å²) in [4.78, 5) is 21.6. The molecular weight excluding hydrogens is 424 g/mol. The van der Waals surface area contributed by atoms with Crippen molar-refractivity contribution in [1.29, 1.82) is 0 Å². The van der Waals surface area contributed by atoms with Crippen LogP contribution in [0.1, 0.15) is 21.8 Å². The molecule has 0 bridgehead atoms. The lowest BCUT2D eigenvalue weighted by atomic mass is 10.2. The fourth-order valence-electron chi connectivity index (χ4n) is 4.26. The Kier molecular flexibility index (Phi) is 6.49. The second-order valence-electron chi connectivity index (χ2n) is 8.28. The SMILES string of the molecule is Cc1sc2nc(CN3CCOCC3)nc(NCc3cccnc3N3CCOCC3)c2c1C. The Morgan fingerprint density at radius 1 is 1.03 bits per heavy atom. The van der Waals surface area contributed by atoms with Gasteiger partial charge in [-0.25, -0.2) is 15.0 Å². The van der Waals surface area contributed by atoms with Gasteiger partial charge in [-0.15, -0.1) is 11.3 Å². The van der Waals surface area contributed by atoms with Gasteiger partial charge in [0, 0.05) is 49.4 Å². The van der Waals surface area contributed by atoms with Crippen LogP contribution in [0.2, 0.25) is 0 Å². The number of nitrogens with zero attached hydrogens (tertiary/aromatic N) is 5. The first-order valence-electron chi connectivity index (χ1n) is 11.3. The van der Waals surface area contributed by atoms with Gasteiger partial charge < -0.3 is 19.7 Å². The first kappa shape index (κ1) is 21.5. The fourth-order valence-corrected chi connectivity index (χ4v) is 5.31. The Morgan fingerprint density at radius 3 is 2.56 bits per heavy atom. The summed E-state index contributed by atoms with van der Waals surface area (Å²) in [6.07, 6.45) is 1.87. The zero-order valence-electron chi connectivity index (χ0n) is 18.8. The molecule has 32 heavy (non-hydrogen) atoms. The molecule has 0 aliphatic carbocycles. The van der Waals surface area contributed by atoms with Gasteiger partial charge in [-0.05, 0) is 25.5 Å². The molecule has 0 amide bonds. The number of nitrogens with one attached hydrogen (secondary N) is 1. The molecule has 9 heteroatoms. The third-order valence-corrected chi connectivity index (χ3v) is 7.27. The number of rotatable bonds is 6. The van der Waals surface area contributed by atoms with Crippen molar-refractivity contribution in [2.24, 2.45) is 0 Å². The number of ether oxygens (including phenoxy) is 2. The van der Waals surface area contributed by atoms with Gasteiger partial charge in [0.15, 0.2) is 0 Å². The van der Waals surface area contributed by atoms with Crippen molar-refractivity contribution in [3.63, 3.8) is 0 Å². The van der Waals surface area contributed by atoms with E-state index >= 15 is 0 Å². The molecule has 0 atom stereocenters. The number of hydrogen-bond donors (Lipinski definition) is 1. The minimum Gasteiger partial charge on any atom is -0.379 e. The van der Waals surface area contributed by atoms with Crippen LogP contribution in [-0.2, 0) is 22.6 Å². The number of thiophene rings is 1. The largest absolute Gasteiger partial charge is 0.379 e. The Morgan fingerprint density at radius 2 is 1.78 bits per heavy atom. The number of anilines is 2. The van der Waals surface area contributed by atoms with E-state index in [0.717, 1.165) is 86.8 Å². The third kappa shape index (κ3) is 4.56. The van der Waals surface area contributed by atoms with Gasteiger partial charge in [0.2, 0.25) is 0 Å². The van der Waals surface area contributed by atoms with E-state index in [2.05, 4.69) is 40.0 Å². The molecule has 0 unspecified atom stereocenters. The maximum Gasteiger partial charge on any atom is 0.146 e. The molecule has 1 N–H and O–H groups in total. The molecule has 2 fully saturated rings. The number of fused-ring (bicyclic) bond motifs is 1. The summed E-state index contributed by atoms with van der Waals surface area (Å²) >= 11 is 1.75. The van der Waals surface area contributed by atoms with E-state index in [1.807, 2.05) is 12.3 Å². The number of morpholine rings is 2. The minimum absolute atomic E-state index is 0.665. The second-order valence-corrected chi connectivity index (χ2v) is 9.48. The predicted octanol–water partition coefficient (Wildman–Crippen LogP) is 2.98. The van der Waals surface area contributed by atoms with Crippen molar-refractivity contribution in [3.05, 3.63) is 40.2 Å². The molecule has 5 heterocycles. The smallest absolute Gasteiger partial charge is 0.146 e. The van der Waals surface area contributed by atoms with Crippen LogP contribution in [0.25, 0.3) is 10.2 Å². The number of aryl methyl sites for hydroxylation is 2. The van der Waals surface area contributed by atoms with Crippen LogP contribution in [0, 0.1) is 13.8 Å². The number of aromatic nitrogens is 3. The van der Waals surface area contributed by atoms with Gasteiger partial charge in [-0.2, -0.15) is 0 Å². The van der Waals surface area contributed by atoms with E-state index in [1.54, 1.807) is 11.3 Å². The van der Waals surface area contributed by atoms with Gasteiger partial charge in [0.05, 0.1) is 38.4 Å². The Balaban J connectivity index is 1.42. The van der Waals surface area contributed by atoms with Crippen LogP contribution in [0.15, 0.2) is 18.3 Å². The van der Waals surface area contributed by atoms with Crippen LogP contribution in [0.4, 0.5) is 11.6 Å². The lowest BCUT2D eigenvalue weighted by molar-refractivity contribution is 0.0331. The molecule has 2 aliphatic heterocycles. The van der Waals surface area contributed by atoms with E-state index in [4.69, 9.17) is 19.4 Å². The lowest BCUT2D eigenvalue weighted by Crippen LogP contribution is -2.37. The maximum absolute atomic E-state index is 5.52. The Hall–Kier alpha value is -2.33. The summed E-state index contributed by atoms with van der Waals surface area (Å²) in [5.74, 6) is 2.81. The highest BCUT2D eigenvalue weighted by molar-refractivity contribution is 7.18. The quantitative estimate of drug-likeness (QED) is 0.609. The van der Waals surface area contributed by atoms with E-state index in [-0.39, 0.29) is 0 Å². The molecule has 0 spiro atoms. The van der Waals surface area contributed by atoms with E-state index in [9.17, 15) is 0 Å². The fraction of sp³-hybridized carbons (Fsp3) is 0.522. The van der Waals surface area contributed by atoms with E-state index in [1.165, 1.54) is 16.0 Å². The zero-order valence-corrected chi connectivity index (χ0v) is 19.6. The van der Waals surface area contributed by atoms with E-state index < -0.39 is 0 Å². The maximum atomic E-state index is 5.52. The standard InChI is InChI=1S/C23H30N6O2S/c1-16-17(2)32-23-20(16)21(26-19(27-23)15-28-6-10-30-11-7-28)25-14-18-4-3-5-24-22(18)29-8-12-31-13-9-29/h3-5H,6-15H2,1-2H3,(H,25,26,27). The summed E-state index contributed by atoms with van der Waals surface area (Å²) in [5, 5.41) is 4.76. The average molecular weight is 455 g/mol. The molecule has 0 aromatic carbocycles. The summed E-state index contributed by atoms with van der Waals surface area (Å²) in [7, 11) is 0. The lowest BCUT2D eigenvalue weighted by Gasteiger charge is -2.29. The molecule has 2 aliphatic rings. The van der Waals surface area contributed by atoms with E-state index in [0.29, 0.717) is 6.54 Å². The van der Waals surface area contributed by atoms with Gasteiger partial charge in [-0.3, -0.25) is 4.90 Å². The average Bonchev–Trinajstić information content (AvgIpc) is 3.12. The van der Waals surface area contributed by atoms with Crippen molar-refractivity contribution < 1.29 is 9.47 Å². The molecule has 170 valence electrons. The summed E-state index contributed by atoms with van der Waals surface area (Å²) in [6.45, 7) is 12.3. The third-order valence-electron chi connectivity index (χ3n) is 6.17. The number of hydrogen-bond acceptors (Lipinski definition) is 9. The van der Waals surface area contributed by atoms with Gasteiger partial charge in [0.25, 0.3) is 0 Å². The second kappa shape index (κ2) is 9.66. The van der Waals surface area contributed by atoms with Crippen LogP contribution in [0.3, 0.4) is 0 Å². The van der Waals surface area contributed by atoms with Gasteiger partial charge in [-0.1, -0.05) is 6.07 Å². The molecule has 0 saturated carbocycles. The molecule has 3 aromatic rings.